The Kier molecular flexibility index (Phi) is 5.44. The van der Waals surface area contributed by atoms with Crippen LogP contribution in [-0.2, 0) is 23.9 Å². The van der Waals surface area contributed by atoms with Crippen molar-refractivity contribution in [3.05, 3.63) is 89.7 Å². The van der Waals surface area contributed by atoms with Crippen molar-refractivity contribution in [2.75, 3.05) is 0 Å². The zero-order valence-corrected chi connectivity index (χ0v) is 17.5. The first-order chi connectivity index (χ1) is 15.7. The molecule has 0 saturated carbocycles. The van der Waals surface area contributed by atoms with Gasteiger partial charge in [-0.3, -0.25) is 14.4 Å². The van der Waals surface area contributed by atoms with Gasteiger partial charge in [-0.05, 0) is 24.3 Å². The van der Waals surface area contributed by atoms with Crippen LogP contribution >= 0.6 is 0 Å². The molecule has 4 rings (SSSR count). The Labute approximate surface area is 187 Å². The second kappa shape index (κ2) is 8.24. The van der Waals surface area contributed by atoms with Crippen molar-refractivity contribution in [2.24, 2.45) is 5.11 Å². The summed E-state index contributed by atoms with van der Waals surface area (Å²) in [5.74, 6) is -4.34. The average molecular weight is 462 g/mol. The predicted octanol–water partition coefficient (Wildman–Crippen LogP) is 3.76. The number of phenols is 1. The lowest BCUT2D eigenvalue weighted by Gasteiger charge is -2.16. The van der Waals surface area contributed by atoms with E-state index in [0.29, 0.717) is 0 Å². The van der Waals surface area contributed by atoms with Gasteiger partial charge in [0.1, 0.15) is 10.6 Å². The van der Waals surface area contributed by atoms with Crippen LogP contribution < -0.4 is 0 Å². The van der Waals surface area contributed by atoms with Crippen molar-refractivity contribution in [3.63, 3.8) is 0 Å². The molecule has 0 spiro atoms. The molecule has 0 aromatic heterocycles. The van der Waals surface area contributed by atoms with Gasteiger partial charge >= 0.3 is 10.1 Å². The molecule has 3 aromatic carbocycles. The van der Waals surface area contributed by atoms with Crippen molar-refractivity contribution >= 4 is 43.9 Å². The summed E-state index contributed by atoms with van der Waals surface area (Å²) in [4.78, 5) is 36.9. The smallest absolute Gasteiger partial charge is 0.339 e. The number of carbonyl (C=O) groups is 3. The van der Waals surface area contributed by atoms with Gasteiger partial charge in [0.25, 0.3) is 5.78 Å². The Morgan fingerprint density at radius 2 is 1.64 bits per heavy atom. The van der Waals surface area contributed by atoms with Gasteiger partial charge in [-0.25, -0.2) is 5.53 Å². The maximum Gasteiger partial charge on any atom is 0.339 e. The first-order valence-corrected chi connectivity index (χ1v) is 10.8. The number of fused-ring (bicyclic) bond motifs is 1. The summed E-state index contributed by atoms with van der Waals surface area (Å²) in [5, 5.41) is 13.5. The average Bonchev–Trinajstić information content (AvgIpc) is 2.82. The number of nitrogens with zero attached hydrogens (tertiary/aromatic N) is 1. The fourth-order valence-corrected chi connectivity index (χ4v) is 4.48. The third-order valence-electron chi connectivity index (χ3n) is 4.91. The van der Waals surface area contributed by atoms with Gasteiger partial charge in [0, 0.05) is 16.3 Å². The molecule has 0 fully saturated rings. The first kappa shape index (κ1) is 21.8. The summed E-state index contributed by atoms with van der Waals surface area (Å²) in [6, 6.07) is 14.3. The topological polar surface area (TPSA) is 151 Å². The third kappa shape index (κ3) is 3.83. The standard InChI is InChI=1S/C23H14N2O7S/c24-25-17-11-9-14-15(21(17)28)7-4-8-19(14)33(30,31)32-23-16(10-12-18(26)22(23)29)20(27)13-5-2-1-3-6-13/h1-12,24,28H. The largest absolute Gasteiger partial charge is 0.505 e. The van der Waals surface area contributed by atoms with Crippen molar-refractivity contribution in [3.8, 4) is 5.75 Å². The highest BCUT2D eigenvalue weighted by Gasteiger charge is 2.34. The lowest BCUT2D eigenvalue weighted by molar-refractivity contribution is -0.132. The van der Waals surface area contributed by atoms with E-state index in [1.165, 1.54) is 42.5 Å². The Morgan fingerprint density at radius 3 is 2.33 bits per heavy atom. The van der Waals surface area contributed by atoms with E-state index in [2.05, 4.69) is 5.11 Å². The van der Waals surface area contributed by atoms with Crippen LogP contribution in [0.2, 0.25) is 0 Å². The molecule has 3 aromatic rings. The quantitative estimate of drug-likeness (QED) is 0.186. The number of ketones is 3. The summed E-state index contributed by atoms with van der Waals surface area (Å²) in [5.41, 5.74) is 6.80. The van der Waals surface area contributed by atoms with E-state index in [9.17, 15) is 27.9 Å². The Balaban J connectivity index is 1.86. The number of benzene rings is 3. The monoisotopic (exact) mass is 462 g/mol. The molecule has 10 heteroatoms. The van der Waals surface area contributed by atoms with Crippen molar-refractivity contribution < 1.29 is 32.1 Å². The minimum absolute atomic E-state index is 0.0315. The molecule has 0 aliphatic heterocycles. The van der Waals surface area contributed by atoms with Gasteiger partial charge < -0.3 is 9.29 Å². The highest BCUT2D eigenvalue weighted by molar-refractivity contribution is 7.87. The van der Waals surface area contributed by atoms with Crippen LogP contribution in [0.4, 0.5) is 5.69 Å². The second-order valence-electron chi connectivity index (χ2n) is 6.90. The van der Waals surface area contributed by atoms with E-state index in [1.54, 1.807) is 18.2 Å². The van der Waals surface area contributed by atoms with Crippen LogP contribution in [-0.4, -0.2) is 30.9 Å². The minimum Gasteiger partial charge on any atom is -0.505 e. The number of nitrogens with one attached hydrogen (secondary N) is 1. The summed E-state index contributed by atoms with van der Waals surface area (Å²) in [6.45, 7) is 0. The number of rotatable bonds is 6. The van der Waals surface area contributed by atoms with E-state index >= 15 is 0 Å². The highest BCUT2D eigenvalue weighted by atomic mass is 32.2. The number of hydrogen-bond acceptors (Lipinski definition) is 9. The van der Waals surface area contributed by atoms with Gasteiger partial charge in [0.2, 0.25) is 11.5 Å². The Bertz CT molecular complexity index is 1520. The molecule has 9 nitrogen and oxygen atoms in total. The summed E-state index contributed by atoms with van der Waals surface area (Å²) in [7, 11) is -4.73. The molecule has 0 atom stereocenters. The minimum atomic E-state index is -4.73. The summed E-state index contributed by atoms with van der Waals surface area (Å²) < 4.78 is 31.4. The van der Waals surface area contributed by atoms with Crippen LogP contribution in [0.3, 0.4) is 0 Å². The van der Waals surface area contributed by atoms with Crippen LogP contribution in [0, 0.1) is 5.53 Å². The van der Waals surface area contributed by atoms with Gasteiger partial charge in [0.15, 0.2) is 11.5 Å². The molecule has 0 amide bonds. The molecule has 1 aliphatic carbocycles. The molecule has 1 aliphatic rings. The summed E-state index contributed by atoms with van der Waals surface area (Å²) >= 11 is 0. The van der Waals surface area contributed by atoms with Crippen molar-refractivity contribution in [1.29, 1.82) is 5.53 Å². The first-order valence-electron chi connectivity index (χ1n) is 9.42. The predicted molar refractivity (Wildman–Crippen MR) is 116 cm³/mol. The normalized spacial score (nSPS) is 13.9. The number of aromatic hydroxyl groups is 1. The number of carbonyl (C=O) groups excluding carboxylic acids is 3. The second-order valence-corrected chi connectivity index (χ2v) is 8.41. The third-order valence-corrected chi connectivity index (χ3v) is 6.19. The number of phenolic OH excluding ortho intramolecular Hbond substituents is 1. The zero-order chi connectivity index (χ0) is 23.8. The molecule has 33 heavy (non-hydrogen) atoms. The van der Waals surface area contributed by atoms with E-state index < -0.39 is 43.9 Å². The van der Waals surface area contributed by atoms with E-state index in [1.807, 2.05) is 0 Å². The molecule has 164 valence electrons. The van der Waals surface area contributed by atoms with Crippen LogP contribution in [0.15, 0.2) is 94.2 Å². The SMILES string of the molecule is N=Nc1ccc2c(S(=O)(=O)OC3=C(C(=O)c4ccccc4)C=CC(=O)C3=O)cccc2c1O. The molecule has 0 saturated heterocycles. The fourth-order valence-electron chi connectivity index (χ4n) is 3.32. The molecular weight excluding hydrogens is 448 g/mol. The van der Waals surface area contributed by atoms with Gasteiger partial charge in [-0.2, -0.15) is 13.5 Å². The van der Waals surface area contributed by atoms with Crippen LogP contribution in [0.1, 0.15) is 10.4 Å². The van der Waals surface area contributed by atoms with Gasteiger partial charge in [-0.15, -0.1) is 0 Å². The van der Waals surface area contributed by atoms with Crippen molar-refractivity contribution in [1.82, 2.24) is 0 Å². The van der Waals surface area contributed by atoms with Crippen molar-refractivity contribution in [2.45, 2.75) is 4.90 Å². The Morgan fingerprint density at radius 1 is 0.909 bits per heavy atom. The Hall–Kier alpha value is -4.44. The maximum atomic E-state index is 13.1. The molecule has 0 unspecified atom stereocenters. The van der Waals surface area contributed by atoms with Gasteiger partial charge in [-0.1, -0.05) is 48.5 Å². The number of allylic oxidation sites excluding steroid dienone is 4. The molecule has 2 N–H and O–H groups in total. The van der Waals surface area contributed by atoms with E-state index in [4.69, 9.17) is 9.71 Å². The molecule has 0 radical (unpaired) electrons. The van der Waals surface area contributed by atoms with E-state index in [-0.39, 0.29) is 27.6 Å². The zero-order valence-electron chi connectivity index (χ0n) is 16.7. The van der Waals surface area contributed by atoms with Crippen LogP contribution in [0.5, 0.6) is 5.75 Å². The fraction of sp³-hybridized carbons (Fsp3) is 0. The molecular formula is C23H14N2O7S. The van der Waals surface area contributed by atoms with Crippen LogP contribution in [0.25, 0.3) is 10.8 Å². The number of Topliss-reactive ketones (excluding diaryl/α,β-unsaturated/α-hetero) is 2. The lowest BCUT2D eigenvalue weighted by Crippen LogP contribution is -2.25. The molecule has 0 bridgehead atoms. The maximum absolute atomic E-state index is 13.1. The summed E-state index contributed by atoms with van der Waals surface area (Å²) in [6.07, 6.45) is 1.92. The lowest BCUT2D eigenvalue weighted by atomic mass is 9.96. The van der Waals surface area contributed by atoms with Gasteiger partial charge in [0.05, 0.1) is 5.57 Å². The highest BCUT2D eigenvalue weighted by Crippen LogP contribution is 2.38. The molecule has 0 heterocycles. The van der Waals surface area contributed by atoms with E-state index in [0.717, 1.165) is 12.2 Å². The number of hydrogen-bond donors (Lipinski definition) is 2.